The predicted octanol–water partition coefficient (Wildman–Crippen LogP) is 4.01. The van der Waals surface area contributed by atoms with E-state index in [1.165, 1.54) is 29.4 Å². The average molecular weight is 499 g/mol. The maximum absolute atomic E-state index is 14.1. The molecule has 2 aromatic carbocycles. The molecule has 1 aliphatic heterocycles. The fourth-order valence-electron chi connectivity index (χ4n) is 3.82. The van der Waals surface area contributed by atoms with Crippen molar-refractivity contribution in [2.24, 2.45) is 0 Å². The van der Waals surface area contributed by atoms with Crippen LogP contribution in [0.25, 0.3) is 11.7 Å². The summed E-state index contributed by atoms with van der Waals surface area (Å²) in [5.41, 5.74) is -0.0275. The summed E-state index contributed by atoms with van der Waals surface area (Å²) in [4.78, 5) is 20.0. The number of aromatic nitrogens is 1. The van der Waals surface area contributed by atoms with Crippen molar-refractivity contribution in [1.82, 2.24) is 9.88 Å². The number of amides is 1. The van der Waals surface area contributed by atoms with Gasteiger partial charge in [-0.05, 0) is 48.5 Å². The van der Waals surface area contributed by atoms with E-state index < -0.39 is 27.4 Å². The first-order valence-corrected chi connectivity index (χ1v) is 12.2. The molecule has 3 heterocycles. The molecule has 180 valence electrons. The average Bonchev–Trinajstić information content (AvgIpc) is 3.55. The lowest BCUT2D eigenvalue weighted by atomic mass is 10.1. The molecule has 1 aliphatic rings. The summed E-state index contributed by atoms with van der Waals surface area (Å²) in [6.45, 7) is 0.859. The molecule has 0 spiro atoms. The second kappa shape index (κ2) is 8.99. The van der Waals surface area contributed by atoms with Crippen molar-refractivity contribution in [3.05, 3.63) is 84.1 Å². The fourth-order valence-corrected chi connectivity index (χ4v) is 5.14. The first-order chi connectivity index (χ1) is 16.8. The number of sulfone groups is 1. The molecule has 35 heavy (non-hydrogen) atoms. The van der Waals surface area contributed by atoms with Gasteiger partial charge in [-0.25, -0.2) is 17.2 Å². The standard InChI is InChI=1S/C24H19F2N3O5S/c25-16-7-9-17(10-8-16)35(31,32)22-24(34-21(27-22)20-6-3-15-33-20)29-13-11-28(12-14-29)23(30)18-4-1-2-5-19(18)26/h1-10,15H,11-14H2. The Hall–Kier alpha value is -3.99. The second-order valence-corrected chi connectivity index (χ2v) is 9.69. The van der Waals surface area contributed by atoms with Crippen LogP contribution in [-0.2, 0) is 9.84 Å². The van der Waals surface area contributed by atoms with Crippen LogP contribution in [0.5, 0.6) is 0 Å². The number of carbonyl (C=O) groups excluding carboxylic acids is 1. The number of furan rings is 1. The summed E-state index contributed by atoms with van der Waals surface area (Å²) >= 11 is 0. The zero-order valence-corrected chi connectivity index (χ0v) is 19.0. The van der Waals surface area contributed by atoms with Crippen LogP contribution >= 0.6 is 0 Å². The molecule has 2 aromatic heterocycles. The molecule has 0 N–H and O–H groups in total. The number of benzene rings is 2. The third-order valence-electron chi connectivity index (χ3n) is 5.65. The van der Waals surface area contributed by atoms with Crippen molar-refractivity contribution in [3.8, 4) is 11.7 Å². The Morgan fingerprint density at radius 1 is 0.914 bits per heavy atom. The number of carbonyl (C=O) groups is 1. The smallest absolute Gasteiger partial charge is 0.266 e. The number of rotatable bonds is 5. The highest BCUT2D eigenvalue weighted by atomic mass is 32.2. The molecule has 1 saturated heterocycles. The van der Waals surface area contributed by atoms with E-state index in [2.05, 4.69) is 4.98 Å². The lowest BCUT2D eigenvalue weighted by molar-refractivity contribution is 0.0740. The number of halogens is 2. The van der Waals surface area contributed by atoms with Crippen LogP contribution in [0.1, 0.15) is 10.4 Å². The van der Waals surface area contributed by atoms with Gasteiger partial charge in [0.15, 0.2) is 5.76 Å². The van der Waals surface area contributed by atoms with Crippen molar-refractivity contribution in [1.29, 1.82) is 0 Å². The minimum absolute atomic E-state index is 0.0151. The molecule has 0 unspecified atom stereocenters. The minimum Gasteiger partial charge on any atom is -0.459 e. The molecule has 1 fully saturated rings. The summed E-state index contributed by atoms with van der Waals surface area (Å²) in [6.07, 6.45) is 1.40. The van der Waals surface area contributed by atoms with Crippen LogP contribution in [0.15, 0.2) is 85.7 Å². The van der Waals surface area contributed by atoms with Crippen LogP contribution in [-0.4, -0.2) is 50.4 Å². The number of oxazole rings is 1. The van der Waals surface area contributed by atoms with E-state index in [1.54, 1.807) is 23.1 Å². The van der Waals surface area contributed by atoms with Crippen molar-refractivity contribution < 1.29 is 30.8 Å². The largest absolute Gasteiger partial charge is 0.459 e. The molecule has 4 aromatic rings. The summed E-state index contributed by atoms with van der Waals surface area (Å²) in [6, 6.07) is 13.3. The molecule has 5 rings (SSSR count). The zero-order chi connectivity index (χ0) is 24.6. The second-order valence-electron chi connectivity index (χ2n) is 7.82. The van der Waals surface area contributed by atoms with Gasteiger partial charge in [0.05, 0.1) is 16.7 Å². The van der Waals surface area contributed by atoms with E-state index in [1.807, 2.05) is 0 Å². The van der Waals surface area contributed by atoms with Crippen LogP contribution in [0, 0.1) is 11.6 Å². The van der Waals surface area contributed by atoms with Gasteiger partial charge >= 0.3 is 0 Å². The Morgan fingerprint density at radius 3 is 2.29 bits per heavy atom. The Morgan fingerprint density at radius 2 is 1.63 bits per heavy atom. The first kappa shape index (κ1) is 22.8. The number of hydrogen-bond acceptors (Lipinski definition) is 7. The Labute approximate surface area is 199 Å². The minimum atomic E-state index is -4.17. The van der Waals surface area contributed by atoms with E-state index >= 15 is 0 Å². The van der Waals surface area contributed by atoms with Gasteiger partial charge in [-0.1, -0.05) is 12.1 Å². The van der Waals surface area contributed by atoms with Gasteiger partial charge in [0.25, 0.3) is 11.8 Å². The van der Waals surface area contributed by atoms with Gasteiger partial charge in [-0.3, -0.25) is 4.79 Å². The highest BCUT2D eigenvalue weighted by Gasteiger charge is 2.34. The lowest BCUT2D eigenvalue weighted by Crippen LogP contribution is -2.49. The Balaban J connectivity index is 1.45. The summed E-state index contributed by atoms with van der Waals surface area (Å²) in [5.74, 6) is -1.44. The zero-order valence-electron chi connectivity index (χ0n) is 18.2. The van der Waals surface area contributed by atoms with Crippen molar-refractivity contribution in [2.75, 3.05) is 31.1 Å². The summed E-state index contributed by atoms with van der Waals surface area (Å²) < 4.78 is 65.3. The number of nitrogens with zero attached hydrogens (tertiary/aromatic N) is 3. The molecule has 11 heteroatoms. The van der Waals surface area contributed by atoms with Crippen LogP contribution in [0.2, 0.25) is 0 Å². The molecule has 0 saturated carbocycles. The van der Waals surface area contributed by atoms with E-state index in [9.17, 15) is 22.0 Å². The summed E-state index contributed by atoms with van der Waals surface area (Å²) in [5, 5.41) is -0.343. The van der Waals surface area contributed by atoms with E-state index in [4.69, 9.17) is 8.83 Å². The first-order valence-electron chi connectivity index (χ1n) is 10.7. The number of hydrogen-bond donors (Lipinski definition) is 0. The van der Waals surface area contributed by atoms with E-state index in [0.717, 1.165) is 24.3 Å². The lowest BCUT2D eigenvalue weighted by Gasteiger charge is -2.34. The molecular formula is C24H19F2N3O5S. The maximum Gasteiger partial charge on any atom is 0.266 e. The maximum atomic E-state index is 14.1. The van der Waals surface area contributed by atoms with Gasteiger partial charge < -0.3 is 18.6 Å². The molecule has 0 aliphatic carbocycles. The normalized spacial score (nSPS) is 14.3. The van der Waals surface area contributed by atoms with Gasteiger partial charge in [-0.15, -0.1) is 0 Å². The molecule has 0 bridgehead atoms. The Bertz CT molecular complexity index is 1460. The predicted molar refractivity (Wildman–Crippen MR) is 121 cm³/mol. The number of piperazine rings is 1. The quantitative estimate of drug-likeness (QED) is 0.383. The SMILES string of the molecule is O=C(c1ccccc1F)N1CCN(c2oc(-c3ccco3)nc2S(=O)(=O)c2ccc(F)cc2)CC1. The van der Waals surface area contributed by atoms with Crippen LogP contribution in [0.4, 0.5) is 14.7 Å². The topological polar surface area (TPSA) is 96.9 Å². The molecular weight excluding hydrogens is 480 g/mol. The molecule has 0 radical (unpaired) electrons. The monoisotopic (exact) mass is 499 g/mol. The van der Waals surface area contributed by atoms with Gasteiger partial charge in [-0.2, -0.15) is 4.98 Å². The fraction of sp³-hybridized carbons (Fsp3) is 0.167. The highest BCUT2D eigenvalue weighted by Crippen LogP contribution is 2.35. The third kappa shape index (κ3) is 4.30. The van der Waals surface area contributed by atoms with Gasteiger partial charge in [0.2, 0.25) is 20.7 Å². The van der Waals surface area contributed by atoms with Gasteiger partial charge in [0.1, 0.15) is 11.6 Å². The third-order valence-corrected chi connectivity index (χ3v) is 7.32. The molecule has 1 amide bonds. The van der Waals surface area contributed by atoms with Crippen LogP contribution in [0.3, 0.4) is 0 Å². The van der Waals surface area contributed by atoms with Crippen LogP contribution < -0.4 is 4.90 Å². The van der Waals surface area contributed by atoms with Crippen molar-refractivity contribution in [2.45, 2.75) is 9.92 Å². The molecule has 0 atom stereocenters. The van der Waals surface area contributed by atoms with Crippen molar-refractivity contribution in [3.63, 3.8) is 0 Å². The Kier molecular flexibility index (Phi) is 5.85. The van der Waals surface area contributed by atoms with E-state index in [0.29, 0.717) is 0 Å². The van der Waals surface area contributed by atoms with E-state index in [-0.39, 0.29) is 59.2 Å². The number of anilines is 1. The molecule has 8 nitrogen and oxygen atoms in total. The highest BCUT2D eigenvalue weighted by molar-refractivity contribution is 7.91. The van der Waals surface area contributed by atoms with Gasteiger partial charge in [0, 0.05) is 26.2 Å². The summed E-state index contributed by atoms with van der Waals surface area (Å²) in [7, 11) is -4.17. The van der Waals surface area contributed by atoms with Crippen molar-refractivity contribution >= 4 is 21.6 Å².